The van der Waals surface area contributed by atoms with Gasteiger partial charge in [0.15, 0.2) is 0 Å². The number of halogens is 1. The van der Waals surface area contributed by atoms with Crippen LogP contribution >= 0.6 is 0 Å². The Hall–Kier alpha value is -3.22. The minimum atomic E-state index is -0.551. The highest BCUT2D eigenvalue weighted by molar-refractivity contribution is 6.07. The topological polar surface area (TPSA) is 78.5 Å². The van der Waals surface area contributed by atoms with Crippen molar-refractivity contribution < 1.29 is 18.8 Å². The SMILES string of the molecule is CNC(=O)c1ccccc1NC(=O)[C@H]1CC(=O)N(c2ccc(F)cc2)C1. The summed E-state index contributed by atoms with van der Waals surface area (Å²) >= 11 is 0. The lowest BCUT2D eigenvalue weighted by Gasteiger charge is -2.17. The third-order valence-electron chi connectivity index (χ3n) is 4.29. The molecular weight excluding hydrogens is 337 g/mol. The molecule has 3 rings (SSSR count). The second-order valence-electron chi connectivity index (χ2n) is 6.00. The van der Waals surface area contributed by atoms with Crippen molar-refractivity contribution in [3.63, 3.8) is 0 Å². The summed E-state index contributed by atoms with van der Waals surface area (Å²) in [6.45, 7) is 0.207. The van der Waals surface area contributed by atoms with Gasteiger partial charge in [0.2, 0.25) is 11.8 Å². The van der Waals surface area contributed by atoms with Crippen LogP contribution in [-0.4, -0.2) is 31.3 Å². The molecule has 1 heterocycles. The summed E-state index contributed by atoms with van der Waals surface area (Å²) in [5, 5.41) is 5.25. The van der Waals surface area contributed by atoms with Gasteiger partial charge in [-0.05, 0) is 36.4 Å². The molecule has 1 saturated heterocycles. The van der Waals surface area contributed by atoms with E-state index in [-0.39, 0.29) is 36.5 Å². The molecule has 6 nitrogen and oxygen atoms in total. The molecular formula is C19H18FN3O3. The summed E-state index contributed by atoms with van der Waals surface area (Å²) in [4.78, 5) is 38.2. The van der Waals surface area contributed by atoms with Gasteiger partial charge >= 0.3 is 0 Å². The number of hydrogen-bond donors (Lipinski definition) is 2. The number of carbonyl (C=O) groups is 3. The van der Waals surface area contributed by atoms with E-state index in [0.29, 0.717) is 16.9 Å². The molecule has 7 heteroatoms. The van der Waals surface area contributed by atoms with Crippen molar-refractivity contribution in [3.8, 4) is 0 Å². The zero-order chi connectivity index (χ0) is 18.7. The first-order valence-corrected chi connectivity index (χ1v) is 8.17. The van der Waals surface area contributed by atoms with Crippen molar-refractivity contribution in [2.24, 2.45) is 5.92 Å². The van der Waals surface area contributed by atoms with Gasteiger partial charge in [-0.2, -0.15) is 0 Å². The van der Waals surface area contributed by atoms with Gasteiger partial charge in [0.05, 0.1) is 17.2 Å². The first kappa shape index (κ1) is 17.6. The predicted octanol–water partition coefficient (Wildman–Crippen LogP) is 2.18. The largest absolute Gasteiger partial charge is 0.355 e. The molecule has 2 aromatic carbocycles. The number of anilines is 2. The van der Waals surface area contributed by atoms with E-state index in [4.69, 9.17) is 0 Å². The minimum absolute atomic E-state index is 0.0609. The van der Waals surface area contributed by atoms with Gasteiger partial charge in [0.25, 0.3) is 5.91 Å². The van der Waals surface area contributed by atoms with E-state index in [1.54, 1.807) is 24.3 Å². The van der Waals surface area contributed by atoms with Gasteiger partial charge in [-0.25, -0.2) is 4.39 Å². The molecule has 0 saturated carbocycles. The van der Waals surface area contributed by atoms with E-state index in [2.05, 4.69) is 10.6 Å². The summed E-state index contributed by atoms with van der Waals surface area (Å²) in [6, 6.07) is 12.2. The molecule has 26 heavy (non-hydrogen) atoms. The van der Waals surface area contributed by atoms with Gasteiger partial charge in [-0.3, -0.25) is 14.4 Å². The van der Waals surface area contributed by atoms with E-state index >= 15 is 0 Å². The predicted molar refractivity (Wildman–Crippen MR) is 95.3 cm³/mol. The van der Waals surface area contributed by atoms with Gasteiger partial charge in [-0.1, -0.05) is 12.1 Å². The maximum atomic E-state index is 13.1. The molecule has 1 aliphatic heterocycles. The zero-order valence-electron chi connectivity index (χ0n) is 14.2. The Morgan fingerprint density at radius 1 is 1.12 bits per heavy atom. The Morgan fingerprint density at radius 2 is 1.81 bits per heavy atom. The molecule has 2 aromatic rings. The number of rotatable bonds is 4. The lowest BCUT2D eigenvalue weighted by atomic mass is 10.1. The monoisotopic (exact) mass is 355 g/mol. The van der Waals surface area contributed by atoms with E-state index in [9.17, 15) is 18.8 Å². The fraction of sp³-hybridized carbons (Fsp3) is 0.211. The van der Waals surface area contributed by atoms with Crippen LogP contribution in [0.2, 0.25) is 0 Å². The third kappa shape index (κ3) is 3.56. The highest BCUT2D eigenvalue weighted by Gasteiger charge is 2.35. The van der Waals surface area contributed by atoms with Crippen LogP contribution in [-0.2, 0) is 9.59 Å². The smallest absolute Gasteiger partial charge is 0.253 e. The average molecular weight is 355 g/mol. The second-order valence-corrected chi connectivity index (χ2v) is 6.00. The fourth-order valence-electron chi connectivity index (χ4n) is 2.91. The van der Waals surface area contributed by atoms with E-state index in [0.717, 1.165) is 0 Å². The first-order chi connectivity index (χ1) is 12.5. The van der Waals surface area contributed by atoms with Crippen molar-refractivity contribution in [3.05, 3.63) is 59.9 Å². The van der Waals surface area contributed by atoms with Crippen LogP contribution in [0.15, 0.2) is 48.5 Å². The normalized spacial score (nSPS) is 16.5. The van der Waals surface area contributed by atoms with Gasteiger partial charge in [-0.15, -0.1) is 0 Å². The molecule has 1 aliphatic rings. The lowest BCUT2D eigenvalue weighted by molar-refractivity contribution is -0.122. The molecule has 1 atom stereocenters. The molecule has 3 amide bonds. The Bertz CT molecular complexity index is 851. The molecule has 0 aliphatic carbocycles. The molecule has 2 N–H and O–H groups in total. The maximum absolute atomic E-state index is 13.1. The fourth-order valence-corrected chi connectivity index (χ4v) is 2.91. The van der Waals surface area contributed by atoms with Gasteiger partial charge in [0.1, 0.15) is 5.82 Å². The number of benzene rings is 2. The quantitative estimate of drug-likeness (QED) is 0.882. The molecule has 134 valence electrons. The van der Waals surface area contributed by atoms with E-state index < -0.39 is 5.92 Å². The Labute approximate surface area is 150 Å². The maximum Gasteiger partial charge on any atom is 0.253 e. The number of nitrogens with zero attached hydrogens (tertiary/aromatic N) is 1. The van der Waals surface area contributed by atoms with Crippen LogP contribution in [0, 0.1) is 11.7 Å². The third-order valence-corrected chi connectivity index (χ3v) is 4.29. The van der Waals surface area contributed by atoms with E-state index in [1.807, 2.05) is 0 Å². The van der Waals surface area contributed by atoms with Crippen molar-refractivity contribution in [1.29, 1.82) is 0 Å². The average Bonchev–Trinajstić information content (AvgIpc) is 3.04. The van der Waals surface area contributed by atoms with Crippen molar-refractivity contribution >= 4 is 29.1 Å². The summed E-state index contributed by atoms with van der Waals surface area (Å²) < 4.78 is 13.1. The number of para-hydroxylation sites is 1. The second kappa shape index (κ2) is 7.35. The summed E-state index contributed by atoms with van der Waals surface area (Å²) in [5.74, 6) is -1.78. The summed E-state index contributed by atoms with van der Waals surface area (Å²) in [5.41, 5.74) is 1.30. The van der Waals surface area contributed by atoms with Crippen LogP contribution in [0.1, 0.15) is 16.8 Å². The van der Waals surface area contributed by atoms with Crippen LogP contribution in [0.3, 0.4) is 0 Å². The minimum Gasteiger partial charge on any atom is -0.355 e. The standard InChI is InChI=1S/C19H18FN3O3/c1-21-19(26)15-4-2-3-5-16(15)22-18(25)12-10-17(24)23(11-12)14-8-6-13(20)7-9-14/h2-9,12H,10-11H2,1H3,(H,21,26)(H,22,25)/t12-/m0/s1. The van der Waals surface area contributed by atoms with Crippen LogP contribution in [0.4, 0.5) is 15.8 Å². The molecule has 0 spiro atoms. The van der Waals surface area contributed by atoms with Crippen molar-refractivity contribution in [1.82, 2.24) is 5.32 Å². The van der Waals surface area contributed by atoms with Crippen LogP contribution < -0.4 is 15.5 Å². The summed E-state index contributed by atoms with van der Waals surface area (Å²) in [6.07, 6.45) is 0.0609. The molecule has 0 aromatic heterocycles. The molecule has 0 radical (unpaired) electrons. The molecule has 0 bridgehead atoms. The number of hydrogen-bond acceptors (Lipinski definition) is 3. The molecule has 0 unspecified atom stereocenters. The Morgan fingerprint density at radius 3 is 2.50 bits per heavy atom. The number of amides is 3. The van der Waals surface area contributed by atoms with Crippen LogP contribution in [0.5, 0.6) is 0 Å². The van der Waals surface area contributed by atoms with Gasteiger partial charge < -0.3 is 15.5 Å². The lowest BCUT2D eigenvalue weighted by Crippen LogP contribution is -2.29. The Kier molecular flexibility index (Phi) is 4.97. The van der Waals surface area contributed by atoms with E-state index in [1.165, 1.54) is 36.2 Å². The summed E-state index contributed by atoms with van der Waals surface area (Å²) in [7, 11) is 1.51. The first-order valence-electron chi connectivity index (χ1n) is 8.17. The Balaban J connectivity index is 1.73. The number of nitrogens with one attached hydrogen (secondary N) is 2. The van der Waals surface area contributed by atoms with Crippen LogP contribution in [0.25, 0.3) is 0 Å². The van der Waals surface area contributed by atoms with Crippen molar-refractivity contribution in [2.45, 2.75) is 6.42 Å². The number of carbonyl (C=O) groups excluding carboxylic acids is 3. The highest BCUT2D eigenvalue weighted by Crippen LogP contribution is 2.26. The zero-order valence-corrected chi connectivity index (χ0v) is 14.2. The molecule has 1 fully saturated rings. The van der Waals surface area contributed by atoms with Gasteiger partial charge in [0, 0.05) is 25.7 Å². The van der Waals surface area contributed by atoms with Crippen molar-refractivity contribution in [2.75, 3.05) is 23.8 Å². The highest BCUT2D eigenvalue weighted by atomic mass is 19.1.